The van der Waals surface area contributed by atoms with Crippen molar-refractivity contribution in [1.82, 2.24) is 0 Å². The predicted octanol–water partition coefficient (Wildman–Crippen LogP) is 6.41. The van der Waals surface area contributed by atoms with Gasteiger partial charge >= 0.3 is 5.97 Å². The highest BCUT2D eigenvalue weighted by molar-refractivity contribution is 6.16. The topological polar surface area (TPSA) is 67.5 Å². The summed E-state index contributed by atoms with van der Waals surface area (Å²) in [5.41, 5.74) is 5.64. The smallest absolute Gasteiger partial charge is 0.336 e. The maximum atomic E-state index is 13.1. The minimum Gasteiger partial charge on any atom is -0.478 e. The van der Waals surface area contributed by atoms with Crippen molar-refractivity contribution < 1.29 is 19.1 Å². The molecule has 0 fully saturated rings. The van der Waals surface area contributed by atoms with Crippen LogP contribution in [0.3, 0.4) is 0 Å². The second-order valence-corrected chi connectivity index (χ2v) is 7.99. The first kappa shape index (κ1) is 19.8. The van der Waals surface area contributed by atoms with Crippen molar-refractivity contribution in [3.8, 4) is 0 Å². The molecule has 5 rings (SSSR count). The molecular weight excluding hydrogens is 400 g/mol. The summed E-state index contributed by atoms with van der Waals surface area (Å²) in [6.07, 6.45) is 0.799. The molecular formula is C28H20O4. The highest BCUT2D eigenvalue weighted by Gasteiger charge is 2.19. The van der Waals surface area contributed by atoms with Crippen LogP contribution in [0, 0.1) is 6.92 Å². The molecule has 0 bridgehead atoms. The molecule has 1 heterocycles. The minimum atomic E-state index is -1.12. The Labute approximate surface area is 184 Å². The molecule has 0 aliphatic carbocycles. The Morgan fingerprint density at radius 2 is 1.38 bits per heavy atom. The number of carbonyl (C=O) groups is 2. The number of ketones is 1. The van der Waals surface area contributed by atoms with E-state index in [1.807, 2.05) is 6.07 Å². The summed E-state index contributed by atoms with van der Waals surface area (Å²) in [4.78, 5) is 24.7. The zero-order valence-electron chi connectivity index (χ0n) is 17.5. The molecule has 0 spiro atoms. The average Bonchev–Trinajstić information content (AvgIpc) is 3.17. The van der Waals surface area contributed by atoms with Gasteiger partial charge in [-0.1, -0.05) is 54.1 Å². The van der Waals surface area contributed by atoms with Crippen LogP contribution in [0.5, 0.6) is 0 Å². The maximum Gasteiger partial charge on any atom is 0.336 e. The van der Waals surface area contributed by atoms with Crippen molar-refractivity contribution in [2.45, 2.75) is 13.3 Å². The van der Waals surface area contributed by atoms with Crippen LogP contribution < -0.4 is 0 Å². The summed E-state index contributed by atoms with van der Waals surface area (Å²) in [6.45, 7) is 2.07. The van der Waals surface area contributed by atoms with Crippen LogP contribution in [0.2, 0.25) is 0 Å². The lowest BCUT2D eigenvalue weighted by Crippen LogP contribution is -2.09. The van der Waals surface area contributed by atoms with Crippen molar-refractivity contribution in [3.63, 3.8) is 0 Å². The number of furan rings is 1. The van der Waals surface area contributed by atoms with Gasteiger partial charge in [0.2, 0.25) is 0 Å². The standard InChI is InChI=1S/C28H20O4/c1-17-6-8-18(9-7-17)14-19-10-12-25-23(15-19)24-16-20(11-13-26(24)32-25)27(29)21-4-2-3-5-22(21)28(30)31/h2-13,15-16H,14H2,1H3,(H,30,31). The molecule has 4 heteroatoms. The maximum absolute atomic E-state index is 13.1. The third-order valence-electron chi connectivity index (χ3n) is 5.73. The van der Waals surface area contributed by atoms with Gasteiger partial charge in [-0.25, -0.2) is 4.79 Å². The second-order valence-electron chi connectivity index (χ2n) is 7.99. The lowest BCUT2D eigenvalue weighted by atomic mass is 9.96. The molecule has 0 saturated carbocycles. The fraction of sp³-hybridized carbons (Fsp3) is 0.0714. The van der Waals surface area contributed by atoms with Gasteiger partial charge in [0.1, 0.15) is 11.2 Å². The first-order valence-corrected chi connectivity index (χ1v) is 10.4. The van der Waals surface area contributed by atoms with Gasteiger partial charge in [-0.2, -0.15) is 0 Å². The molecule has 4 aromatic carbocycles. The van der Waals surface area contributed by atoms with Gasteiger partial charge in [0, 0.05) is 21.9 Å². The molecule has 0 atom stereocenters. The highest BCUT2D eigenvalue weighted by Crippen LogP contribution is 2.31. The van der Waals surface area contributed by atoms with Crippen molar-refractivity contribution >= 4 is 33.7 Å². The normalized spacial score (nSPS) is 11.2. The number of carboxylic acid groups (broad SMARTS) is 1. The first-order chi connectivity index (χ1) is 15.5. The van der Waals surface area contributed by atoms with Gasteiger partial charge in [-0.15, -0.1) is 0 Å². The fourth-order valence-electron chi connectivity index (χ4n) is 4.04. The van der Waals surface area contributed by atoms with E-state index in [0.29, 0.717) is 11.1 Å². The van der Waals surface area contributed by atoms with Crippen LogP contribution in [-0.4, -0.2) is 16.9 Å². The number of aromatic carboxylic acids is 1. The van der Waals surface area contributed by atoms with Gasteiger partial charge < -0.3 is 9.52 Å². The molecule has 32 heavy (non-hydrogen) atoms. The van der Waals surface area contributed by atoms with Crippen LogP contribution in [0.25, 0.3) is 21.9 Å². The van der Waals surface area contributed by atoms with E-state index in [-0.39, 0.29) is 16.9 Å². The Morgan fingerprint density at radius 1 is 0.750 bits per heavy atom. The third-order valence-corrected chi connectivity index (χ3v) is 5.73. The van der Waals surface area contributed by atoms with Crippen LogP contribution >= 0.6 is 0 Å². The Hall–Kier alpha value is -4.18. The van der Waals surface area contributed by atoms with Gasteiger partial charge in [-0.05, 0) is 60.9 Å². The number of hydrogen-bond acceptors (Lipinski definition) is 3. The third kappa shape index (κ3) is 3.56. The monoisotopic (exact) mass is 420 g/mol. The number of aryl methyl sites for hydroxylation is 1. The molecule has 0 saturated heterocycles. The van der Waals surface area contributed by atoms with Gasteiger partial charge in [0.25, 0.3) is 0 Å². The van der Waals surface area contributed by atoms with E-state index in [0.717, 1.165) is 28.3 Å². The van der Waals surface area contributed by atoms with E-state index in [9.17, 15) is 14.7 Å². The van der Waals surface area contributed by atoms with Crippen LogP contribution in [-0.2, 0) is 6.42 Å². The number of fused-ring (bicyclic) bond motifs is 3. The summed E-state index contributed by atoms with van der Waals surface area (Å²) < 4.78 is 5.97. The minimum absolute atomic E-state index is 0.00460. The summed E-state index contributed by atoms with van der Waals surface area (Å²) in [5.74, 6) is -1.44. The lowest BCUT2D eigenvalue weighted by Gasteiger charge is -2.05. The largest absolute Gasteiger partial charge is 0.478 e. The number of carboxylic acids is 1. The van der Waals surface area contributed by atoms with Crippen LogP contribution in [0.4, 0.5) is 0 Å². The molecule has 0 aliphatic rings. The second kappa shape index (κ2) is 7.82. The predicted molar refractivity (Wildman–Crippen MR) is 125 cm³/mol. The molecule has 0 amide bonds. The number of carbonyl (C=O) groups excluding carboxylic acids is 1. The zero-order valence-corrected chi connectivity index (χ0v) is 17.5. The molecule has 0 unspecified atom stereocenters. The summed E-state index contributed by atoms with van der Waals surface area (Å²) >= 11 is 0. The molecule has 156 valence electrons. The summed E-state index contributed by atoms with van der Waals surface area (Å²) in [5, 5.41) is 11.2. The van der Waals surface area contributed by atoms with E-state index in [4.69, 9.17) is 4.42 Å². The average molecular weight is 420 g/mol. The lowest BCUT2D eigenvalue weighted by molar-refractivity contribution is 0.0693. The number of rotatable bonds is 5. The van der Waals surface area contributed by atoms with E-state index < -0.39 is 5.97 Å². The zero-order chi connectivity index (χ0) is 22.2. The Morgan fingerprint density at radius 3 is 2.09 bits per heavy atom. The Balaban J connectivity index is 1.57. The fourth-order valence-corrected chi connectivity index (χ4v) is 4.04. The summed E-state index contributed by atoms with van der Waals surface area (Å²) in [7, 11) is 0. The summed E-state index contributed by atoms with van der Waals surface area (Å²) in [6, 6.07) is 26.1. The molecule has 4 nitrogen and oxygen atoms in total. The van der Waals surface area contributed by atoms with Crippen LogP contribution in [0.1, 0.15) is 43.0 Å². The van der Waals surface area contributed by atoms with Gasteiger partial charge in [0.15, 0.2) is 5.78 Å². The van der Waals surface area contributed by atoms with Gasteiger partial charge in [-0.3, -0.25) is 4.79 Å². The van der Waals surface area contributed by atoms with Gasteiger partial charge in [0.05, 0.1) is 5.56 Å². The van der Waals surface area contributed by atoms with E-state index >= 15 is 0 Å². The number of hydrogen-bond donors (Lipinski definition) is 1. The van der Waals surface area contributed by atoms with Crippen molar-refractivity contribution in [2.75, 3.05) is 0 Å². The first-order valence-electron chi connectivity index (χ1n) is 10.4. The van der Waals surface area contributed by atoms with E-state index in [1.54, 1.807) is 36.4 Å². The molecule has 1 aromatic heterocycles. The number of benzene rings is 4. The van der Waals surface area contributed by atoms with Crippen molar-refractivity contribution in [1.29, 1.82) is 0 Å². The van der Waals surface area contributed by atoms with Crippen LogP contribution in [0.15, 0.2) is 89.3 Å². The quantitative estimate of drug-likeness (QED) is 0.333. The molecule has 5 aromatic rings. The molecule has 0 aliphatic heterocycles. The van der Waals surface area contributed by atoms with E-state index in [2.05, 4.69) is 43.3 Å². The van der Waals surface area contributed by atoms with Crippen molar-refractivity contribution in [3.05, 3.63) is 118 Å². The SMILES string of the molecule is Cc1ccc(Cc2ccc3oc4ccc(C(=O)c5ccccc5C(=O)O)cc4c3c2)cc1. The Kier molecular flexibility index (Phi) is 4.83. The molecule has 0 radical (unpaired) electrons. The van der Waals surface area contributed by atoms with E-state index in [1.165, 1.54) is 17.2 Å². The van der Waals surface area contributed by atoms with Crippen molar-refractivity contribution in [2.24, 2.45) is 0 Å². The molecule has 1 N–H and O–H groups in total. The highest BCUT2D eigenvalue weighted by atomic mass is 16.4. The Bertz CT molecular complexity index is 1490.